The highest BCUT2D eigenvalue weighted by atomic mass is 19.2. The van der Waals surface area contributed by atoms with Crippen LogP contribution in [0.4, 0.5) is 13.6 Å². The average molecular weight is 418 g/mol. The molecular formula is C23H28F2N2O3. The van der Waals surface area contributed by atoms with Crippen LogP contribution in [0.25, 0.3) is 0 Å². The van der Waals surface area contributed by atoms with E-state index in [1.54, 1.807) is 4.90 Å². The van der Waals surface area contributed by atoms with Gasteiger partial charge in [0.25, 0.3) is 0 Å². The molecule has 30 heavy (non-hydrogen) atoms. The predicted molar refractivity (Wildman–Crippen MR) is 110 cm³/mol. The molecule has 3 atom stereocenters. The van der Waals surface area contributed by atoms with Crippen molar-refractivity contribution in [1.29, 1.82) is 0 Å². The lowest BCUT2D eigenvalue weighted by Gasteiger charge is -2.22. The van der Waals surface area contributed by atoms with E-state index in [1.165, 1.54) is 6.07 Å². The summed E-state index contributed by atoms with van der Waals surface area (Å²) in [6.07, 6.45) is 0.519. The second-order valence-electron chi connectivity index (χ2n) is 7.18. The fourth-order valence-electron chi connectivity index (χ4n) is 3.98. The summed E-state index contributed by atoms with van der Waals surface area (Å²) >= 11 is 0. The Hall–Kier alpha value is -2.67. The van der Waals surface area contributed by atoms with Crippen molar-refractivity contribution in [1.82, 2.24) is 10.2 Å². The average Bonchev–Trinajstić information content (AvgIpc) is 3.38. The smallest absolute Gasteiger partial charge is 0.410 e. The van der Waals surface area contributed by atoms with Crippen LogP contribution in [-0.2, 0) is 11.3 Å². The number of amides is 1. The minimum Gasteiger partial charge on any atom is -0.493 e. The van der Waals surface area contributed by atoms with E-state index in [-0.39, 0.29) is 36.5 Å². The number of nitrogens with one attached hydrogen (secondary N) is 1. The van der Waals surface area contributed by atoms with Crippen LogP contribution in [-0.4, -0.2) is 42.8 Å². The van der Waals surface area contributed by atoms with Gasteiger partial charge in [0.2, 0.25) is 0 Å². The van der Waals surface area contributed by atoms with Crippen LogP contribution in [0.2, 0.25) is 0 Å². The molecule has 1 amide bonds. The molecule has 4 rings (SSSR count). The maximum absolute atomic E-state index is 13.4. The maximum atomic E-state index is 13.4. The fraction of sp³-hybridized carbons (Fsp3) is 0.435. The molecule has 0 radical (unpaired) electrons. The monoisotopic (exact) mass is 418 g/mol. The van der Waals surface area contributed by atoms with E-state index in [0.29, 0.717) is 13.2 Å². The largest absolute Gasteiger partial charge is 0.493 e. The van der Waals surface area contributed by atoms with Gasteiger partial charge in [-0.2, -0.15) is 0 Å². The van der Waals surface area contributed by atoms with Gasteiger partial charge in [0, 0.05) is 24.6 Å². The van der Waals surface area contributed by atoms with E-state index < -0.39 is 11.6 Å². The fourth-order valence-corrected chi connectivity index (χ4v) is 3.98. The van der Waals surface area contributed by atoms with Gasteiger partial charge >= 0.3 is 6.09 Å². The van der Waals surface area contributed by atoms with Gasteiger partial charge < -0.3 is 19.7 Å². The van der Waals surface area contributed by atoms with E-state index >= 15 is 0 Å². The van der Waals surface area contributed by atoms with Crippen molar-refractivity contribution < 1.29 is 23.0 Å². The number of hydrogen-bond donors (Lipinski definition) is 1. The topological polar surface area (TPSA) is 50.8 Å². The summed E-state index contributed by atoms with van der Waals surface area (Å²) in [5, 5.41) is 3.42. The zero-order valence-electron chi connectivity index (χ0n) is 17.3. The van der Waals surface area contributed by atoms with E-state index in [1.807, 2.05) is 44.2 Å². The van der Waals surface area contributed by atoms with Gasteiger partial charge in [-0.15, -0.1) is 0 Å². The van der Waals surface area contributed by atoms with Gasteiger partial charge in [-0.25, -0.2) is 13.6 Å². The Kier molecular flexibility index (Phi) is 7.63. The number of carbonyl (C=O) groups is 1. The number of rotatable bonds is 5. The summed E-state index contributed by atoms with van der Waals surface area (Å²) in [5.74, 6) is -1.52. The molecule has 1 N–H and O–H groups in total. The minimum absolute atomic E-state index is 0.0462. The number of hydrogen-bond acceptors (Lipinski definition) is 4. The molecule has 2 heterocycles. The lowest BCUT2D eigenvalue weighted by atomic mass is 10.0. The molecule has 0 aliphatic carbocycles. The van der Waals surface area contributed by atoms with E-state index in [4.69, 9.17) is 9.47 Å². The van der Waals surface area contributed by atoms with Gasteiger partial charge in [-0.05, 0) is 30.7 Å². The van der Waals surface area contributed by atoms with E-state index in [2.05, 4.69) is 5.32 Å². The molecule has 0 spiro atoms. The number of ether oxygens (including phenoxy) is 2. The first-order chi connectivity index (χ1) is 14.6. The SMILES string of the molecule is CC.O=C(OCc1ccccc1)N1C[C@H](COc2ccc(F)c(F)c2)[C@H]2NCC[C@H]21. The lowest BCUT2D eigenvalue weighted by Crippen LogP contribution is -2.39. The number of benzene rings is 2. The third-order valence-corrected chi connectivity index (χ3v) is 5.37. The number of fused-ring (bicyclic) bond motifs is 1. The highest BCUT2D eigenvalue weighted by molar-refractivity contribution is 5.69. The number of nitrogens with zero attached hydrogens (tertiary/aromatic N) is 1. The Morgan fingerprint density at radius 1 is 1.13 bits per heavy atom. The zero-order chi connectivity index (χ0) is 21.5. The minimum atomic E-state index is -0.938. The predicted octanol–water partition coefficient (Wildman–Crippen LogP) is 4.37. The van der Waals surface area contributed by atoms with Crippen LogP contribution in [0.15, 0.2) is 48.5 Å². The van der Waals surface area contributed by atoms with E-state index in [9.17, 15) is 13.6 Å². The maximum Gasteiger partial charge on any atom is 0.410 e. The molecule has 2 aromatic carbocycles. The van der Waals surface area contributed by atoms with Gasteiger partial charge in [0.05, 0.1) is 12.6 Å². The van der Waals surface area contributed by atoms with Crippen molar-refractivity contribution in [3.63, 3.8) is 0 Å². The molecule has 0 unspecified atom stereocenters. The molecule has 0 aromatic heterocycles. The standard InChI is InChI=1S/C21H22F2N2O3.C2H6/c22-17-7-6-16(10-18(17)23)27-13-15-11-25(19-8-9-24-20(15)19)21(26)28-12-14-4-2-1-3-5-14;1-2/h1-7,10,15,19-20,24H,8-9,11-13H2;1-2H3/t15-,19-,20-;/m1./s1. The molecule has 0 saturated carbocycles. The van der Waals surface area contributed by atoms with Crippen LogP contribution in [0.1, 0.15) is 25.8 Å². The third-order valence-electron chi connectivity index (χ3n) is 5.37. The van der Waals surface area contributed by atoms with E-state index in [0.717, 1.165) is 30.7 Å². The van der Waals surface area contributed by atoms with Crippen molar-refractivity contribution >= 4 is 6.09 Å². The first-order valence-corrected chi connectivity index (χ1v) is 10.4. The molecule has 2 aliphatic heterocycles. The lowest BCUT2D eigenvalue weighted by molar-refractivity contribution is 0.0908. The van der Waals surface area contributed by atoms with Crippen molar-refractivity contribution in [3.05, 3.63) is 65.7 Å². The molecule has 5 nitrogen and oxygen atoms in total. The molecule has 162 valence electrons. The highest BCUT2D eigenvalue weighted by Crippen LogP contribution is 2.31. The number of halogens is 2. The Balaban J connectivity index is 0.00000124. The second-order valence-corrected chi connectivity index (χ2v) is 7.18. The van der Waals surface area contributed by atoms with Gasteiger partial charge in [-0.1, -0.05) is 44.2 Å². The van der Waals surface area contributed by atoms with Crippen molar-refractivity contribution in [2.45, 2.75) is 39.0 Å². The van der Waals surface area contributed by atoms with Crippen molar-refractivity contribution in [3.8, 4) is 5.75 Å². The molecule has 2 aliphatic rings. The van der Waals surface area contributed by atoms with Gasteiger partial charge in [-0.3, -0.25) is 0 Å². The molecule has 2 fully saturated rings. The summed E-state index contributed by atoms with van der Waals surface area (Å²) in [4.78, 5) is 14.4. The van der Waals surface area contributed by atoms with Crippen molar-refractivity contribution in [2.75, 3.05) is 19.7 Å². The summed E-state index contributed by atoms with van der Waals surface area (Å²) in [6, 6.07) is 13.2. The molecule has 0 bridgehead atoms. The number of carbonyl (C=O) groups excluding carboxylic acids is 1. The second kappa shape index (κ2) is 10.4. The van der Waals surface area contributed by atoms with Crippen LogP contribution < -0.4 is 10.1 Å². The van der Waals surface area contributed by atoms with Crippen LogP contribution >= 0.6 is 0 Å². The molecule has 2 aromatic rings. The van der Waals surface area contributed by atoms with Gasteiger partial charge in [0.1, 0.15) is 12.4 Å². The van der Waals surface area contributed by atoms with Crippen LogP contribution in [0.5, 0.6) is 5.75 Å². The third kappa shape index (κ3) is 5.08. The molecule has 2 saturated heterocycles. The summed E-state index contributed by atoms with van der Waals surface area (Å²) in [7, 11) is 0. The summed E-state index contributed by atoms with van der Waals surface area (Å²) in [6.45, 7) is 5.86. The molecular weight excluding hydrogens is 390 g/mol. The van der Waals surface area contributed by atoms with Crippen molar-refractivity contribution in [2.24, 2.45) is 5.92 Å². The highest BCUT2D eigenvalue weighted by Gasteiger charge is 2.47. The first-order valence-electron chi connectivity index (χ1n) is 10.4. The Morgan fingerprint density at radius 2 is 1.90 bits per heavy atom. The Bertz CT molecular complexity index is 834. The van der Waals surface area contributed by atoms with Crippen LogP contribution in [0, 0.1) is 17.6 Å². The van der Waals surface area contributed by atoms with Gasteiger partial charge in [0.15, 0.2) is 11.6 Å². The first kappa shape index (κ1) is 22.0. The summed E-state index contributed by atoms with van der Waals surface area (Å²) in [5.41, 5.74) is 0.939. The quantitative estimate of drug-likeness (QED) is 0.784. The Labute approximate surface area is 176 Å². The number of likely N-dealkylation sites (tertiary alicyclic amines) is 1. The zero-order valence-corrected chi connectivity index (χ0v) is 17.3. The Morgan fingerprint density at radius 3 is 2.63 bits per heavy atom. The normalized spacial score (nSPS) is 22.1. The molecule has 7 heteroatoms. The summed E-state index contributed by atoms with van der Waals surface area (Å²) < 4.78 is 37.6. The van der Waals surface area contributed by atoms with Crippen LogP contribution in [0.3, 0.4) is 0 Å².